The Hall–Kier alpha value is -3.33. The van der Waals surface area contributed by atoms with Gasteiger partial charge in [-0.3, -0.25) is 4.79 Å². The first-order valence-corrected chi connectivity index (χ1v) is 9.58. The number of ether oxygens (including phenoxy) is 3. The van der Waals surface area contributed by atoms with Gasteiger partial charge in [0.05, 0.1) is 39.4 Å². The Balaban J connectivity index is 1.63. The standard InChI is InChI=1S/C21H27N5O4/c1-25-7-9-26(10-8-25)21-22-13-16(14-23-21)24-19(27)6-5-15-11-17(28-2)20(30-4)18(12-15)29-3/h5-6,11-14H,7-10H2,1-4H3,(H,24,27)/b6-5+. The molecule has 1 saturated heterocycles. The summed E-state index contributed by atoms with van der Waals surface area (Å²) in [6.45, 7) is 3.74. The molecule has 0 spiro atoms. The molecule has 1 aromatic heterocycles. The van der Waals surface area contributed by atoms with Crippen molar-refractivity contribution in [1.82, 2.24) is 14.9 Å². The van der Waals surface area contributed by atoms with E-state index in [4.69, 9.17) is 14.2 Å². The predicted molar refractivity (Wildman–Crippen MR) is 116 cm³/mol. The Bertz CT molecular complexity index is 868. The van der Waals surface area contributed by atoms with Gasteiger partial charge < -0.3 is 29.3 Å². The quantitative estimate of drug-likeness (QED) is 0.689. The molecule has 1 aliphatic heterocycles. The second-order valence-electron chi connectivity index (χ2n) is 6.84. The molecular formula is C21H27N5O4. The summed E-state index contributed by atoms with van der Waals surface area (Å²) in [5.74, 6) is 1.92. The summed E-state index contributed by atoms with van der Waals surface area (Å²) in [5.41, 5.74) is 1.27. The van der Waals surface area contributed by atoms with Crippen LogP contribution >= 0.6 is 0 Å². The summed E-state index contributed by atoms with van der Waals surface area (Å²) in [7, 11) is 6.73. The first-order chi connectivity index (χ1) is 14.5. The van der Waals surface area contributed by atoms with Crippen molar-refractivity contribution in [2.75, 3.05) is 64.8 Å². The van der Waals surface area contributed by atoms with E-state index < -0.39 is 0 Å². The minimum atomic E-state index is -0.292. The number of methoxy groups -OCH3 is 3. The third kappa shape index (κ3) is 5.18. The zero-order valence-corrected chi connectivity index (χ0v) is 17.7. The lowest BCUT2D eigenvalue weighted by Gasteiger charge is -2.32. The lowest BCUT2D eigenvalue weighted by atomic mass is 10.1. The zero-order valence-electron chi connectivity index (χ0n) is 17.7. The van der Waals surface area contributed by atoms with Crippen LogP contribution in [0.1, 0.15) is 5.56 Å². The molecule has 9 heteroatoms. The van der Waals surface area contributed by atoms with E-state index in [9.17, 15) is 4.79 Å². The van der Waals surface area contributed by atoms with E-state index in [0.717, 1.165) is 31.7 Å². The molecule has 0 saturated carbocycles. The van der Waals surface area contributed by atoms with Gasteiger partial charge in [-0.25, -0.2) is 9.97 Å². The van der Waals surface area contributed by atoms with Gasteiger partial charge in [0, 0.05) is 32.3 Å². The third-order valence-corrected chi connectivity index (χ3v) is 4.81. The minimum absolute atomic E-state index is 0.292. The molecule has 1 amide bonds. The topological polar surface area (TPSA) is 89.1 Å². The van der Waals surface area contributed by atoms with Crippen molar-refractivity contribution >= 4 is 23.6 Å². The Kier molecular flexibility index (Phi) is 7.08. The molecule has 30 heavy (non-hydrogen) atoms. The summed E-state index contributed by atoms with van der Waals surface area (Å²) in [6, 6.07) is 3.53. The number of piperazine rings is 1. The van der Waals surface area contributed by atoms with E-state index in [1.165, 1.54) is 6.08 Å². The summed E-state index contributed by atoms with van der Waals surface area (Å²) < 4.78 is 16.0. The average molecular weight is 413 g/mol. The molecule has 9 nitrogen and oxygen atoms in total. The van der Waals surface area contributed by atoms with Crippen LogP contribution < -0.4 is 24.4 Å². The smallest absolute Gasteiger partial charge is 0.248 e. The van der Waals surface area contributed by atoms with Crippen molar-refractivity contribution in [2.45, 2.75) is 0 Å². The van der Waals surface area contributed by atoms with Crippen LogP contribution in [0.2, 0.25) is 0 Å². The van der Waals surface area contributed by atoms with Crippen LogP contribution in [-0.4, -0.2) is 75.3 Å². The van der Waals surface area contributed by atoms with Gasteiger partial charge in [0.2, 0.25) is 17.6 Å². The van der Waals surface area contributed by atoms with Gasteiger partial charge in [0.25, 0.3) is 0 Å². The summed E-state index contributed by atoms with van der Waals surface area (Å²) in [4.78, 5) is 25.4. The van der Waals surface area contributed by atoms with E-state index in [0.29, 0.717) is 28.9 Å². The zero-order chi connectivity index (χ0) is 21.5. The maximum absolute atomic E-state index is 12.3. The highest BCUT2D eigenvalue weighted by molar-refractivity contribution is 6.01. The second-order valence-corrected chi connectivity index (χ2v) is 6.84. The van der Waals surface area contributed by atoms with Crippen LogP contribution in [0.25, 0.3) is 6.08 Å². The fourth-order valence-electron chi connectivity index (χ4n) is 3.11. The van der Waals surface area contributed by atoms with E-state index in [1.807, 2.05) is 0 Å². The maximum Gasteiger partial charge on any atom is 0.248 e. The second kappa shape index (κ2) is 9.93. The SMILES string of the molecule is COc1cc(/C=C/C(=O)Nc2cnc(N3CCN(C)CC3)nc2)cc(OC)c1OC. The highest BCUT2D eigenvalue weighted by Crippen LogP contribution is 2.38. The maximum atomic E-state index is 12.3. The molecule has 1 aliphatic rings. The first-order valence-electron chi connectivity index (χ1n) is 9.58. The molecule has 0 atom stereocenters. The minimum Gasteiger partial charge on any atom is -0.493 e. The van der Waals surface area contributed by atoms with Crippen LogP contribution in [0.3, 0.4) is 0 Å². The number of likely N-dealkylation sites (N-methyl/N-ethyl adjacent to an activating group) is 1. The Morgan fingerprint density at radius 3 is 2.13 bits per heavy atom. The van der Waals surface area contributed by atoms with Gasteiger partial charge in [-0.2, -0.15) is 0 Å². The highest BCUT2D eigenvalue weighted by Gasteiger charge is 2.16. The largest absolute Gasteiger partial charge is 0.493 e. The van der Waals surface area contributed by atoms with Crippen molar-refractivity contribution in [1.29, 1.82) is 0 Å². The van der Waals surface area contributed by atoms with Crippen molar-refractivity contribution in [3.8, 4) is 17.2 Å². The summed E-state index contributed by atoms with van der Waals surface area (Å²) >= 11 is 0. The van der Waals surface area contributed by atoms with Crippen LogP contribution in [0.15, 0.2) is 30.6 Å². The predicted octanol–water partition coefficient (Wildman–Crippen LogP) is 1.91. The molecule has 1 fully saturated rings. The Morgan fingerprint density at radius 1 is 1.00 bits per heavy atom. The number of nitrogens with zero attached hydrogens (tertiary/aromatic N) is 4. The van der Waals surface area contributed by atoms with Gasteiger partial charge in [-0.05, 0) is 30.8 Å². The van der Waals surface area contributed by atoms with Crippen LogP contribution in [-0.2, 0) is 4.79 Å². The Labute approximate surface area is 176 Å². The molecule has 0 radical (unpaired) electrons. The fourth-order valence-corrected chi connectivity index (χ4v) is 3.11. The van der Waals surface area contributed by atoms with Crippen LogP contribution in [0.4, 0.5) is 11.6 Å². The highest BCUT2D eigenvalue weighted by atomic mass is 16.5. The number of amides is 1. The number of hydrogen-bond acceptors (Lipinski definition) is 8. The summed E-state index contributed by atoms with van der Waals surface area (Å²) in [5, 5.41) is 2.76. The molecule has 2 heterocycles. The molecule has 3 rings (SSSR count). The normalized spacial score (nSPS) is 14.6. The molecule has 1 aromatic carbocycles. The third-order valence-electron chi connectivity index (χ3n) is 4.81. The number of rotatable bonds is 7. The molecule has 0 aliphatic carbocycles. The average Bonchev–Trinajstić information content (AvgIpc) is 2.78. The lowest BCUT2D eigenvalue weighted by Crippen LogP contribution is -2.45. The number of nitrogens with one attached hydrogen (secondary N) is 1. The van der Waals surface area contributed by atoms with Gasteiger partial charge in [0.1, 0.15) is 0 Å². The number of anilines is 2. The first kappa shape index (κ1) is 21.4. The van der Waals surface area contributed by atoms with Crippen LogP contribution in [0, 0.1) is 0 Å². The van der Waals surface area contributed by atoms with Crippen molar-refractivity contribution in [2.24, 2.45) is 0 Å². The van der Waals surface area contributed by atoms with E-state index >= 15 is 0 Å². The van der Waals surface area contributed by atoms with E-state index in [2.05, 4.69) is 32.1 Å². The molecular weight excluding hydrogens is 386 g/mol. The van der Waals surface area contributed by atoms with Gasteiger partial charge >= 0.3 is 0 Å². The monoisotopic (exact) mass is 413 g/mol. The molecule has 160 valence electrons. The lowest BCUT2D eigenvalue weighted by molar-refractivity contribution is -0.111. The van der Waals surface area contributed by atoms with Crippen molar-refractivity contribution in [3.63, 3.8) is 0 Å². The number of carbonyl (C=O) groups is 1. The number of hydrogen-bond donors (Lipinski definition) is 1. The molecule has 0 unspecified atom stereocenters. The molecule has 1 N–H and O–H groups in total. The Morgan fingerprint density at radius 2 is 1.60 bits per heavy atom. The number of aromatic nitrogens is 2. The number of benzene rings is 1. The number of carbonyl (C=O) groups excluding carboxylic acids is 1. The van der Waals surface area contributed by atoms with Gasteiger partial charge in [-0.15, -0.1) is 0 Å². The van der Waals surface area contributed by atoms with E-state index in [1.54, 1.807) is 51.9 Å². The molecule has 0 bridgehead atoms. The van der Waals surface area contributed by atoms with Crippen molar-refractivity contribution < 1.29 is 19.0 Å². The van der Waals surface area contributed by atoms with E-state index in [-0.39, 0.29) is 5.91 Å². The molecule has 2 aromatic rings. The van der Waals surface area contributed by atoms with Crippen molar-refractivity contribution in [3.05, 3.63) is 36.2 Å². The summed E-state index contributed by atoms with van der Waals surface area (Å²) in [6.07, 6.45) is 6.33. The van der Waals surface area contributed by atoms with Crippen LogP contribution in [0.5, 0.6) is 17.2 Å². The van der Waals surface area contributed by atoms with Gasteiger partial charge in [0.15, 0.2) is 11.5 Å². The fraction of sp³-hybridized carbons (Fsp3) is 0.381. The van der Waals surface area contributed by atoms with Gasteiger partial charge in [-0.1, -0.05) is 0 Å².